The van der Waals surface area contributed by atoms with Gasteiger partial charge in [0.25, 0.3) is 0 Å². The van der Waals surface area contributed by atoms with Gasteiger partial charge in [0.15, 0.2) is 0 Å². The zero-order chi connectivity index (χ0) is 33.8. The highest BCUT2D eigenvalue weighted by molar-refractivity contribution is 6.06. The summed E-state index contributed by atoms with van der Waals surface area (Å²) in [4.78, 5) is 52.0. The molecular formula is C42H30N4O3. The van der Waals surface area contributed by atoms with Crippen molar-refractivity contribution in [3.8, 4) is 0 Å². The fraction of sp³-hybridized carbons (Fsp3) is 0. The molecule has 3 heterocycles. The van der Waals surface area contributed by atoms with Crippen LogP contribution in [0.15, 0.2) is 164 Å². The van der Waals surface area contributed by atoms with Crippen molar-refractivity contribution in [2.24, 2.45) is 0 Å². The third-order valence-electron chi connectivity index (χ3n) is 7.49. The van der Waals surface area contributed by atoms with Gasteiger partial charge in [-0.05, 0) is 108 Å². The van der Waals surface area contributed by atoms with Crippen LogP contribution in [0.1, 0.15) is 48.2 Å². The van der Waals surface area contributed by atoms with Crippen LogP contribution in [0.2, 0.25) is 0 Å². The summed E-state index contributed by atoms with van der Waals surface area (Å²) in [5, 5.41) is 0. The lowest BCUT2D eigenvalue weighted by Crippen LogP contribution is -2.09. The molecule has 0 unspecified atom stereocenters. The number of carbonyl (C=O) groups excluding carboxylic acids is 3. The summed E-state index contributed by atoms with van der Waals surface area (Å²) >= 11 is 0. The Labute approximate surface area is 284 Å². The third kappa shape index (κ3) is 8.49. The van der Waals surface area contributed by atoms with Gasteiger partial charge < -0.3 is 4.90 Å². The molecular weight excluding hydrogens is 608 g/mol. The number of carbonyl (C=O) groups is 3. The first-order valence-corrected chi connectivity index (χ1v) is 15.5. The number of ketones is 3. The lowest BCUT2D eigenvalue weighted by Gasteiger charge is -2.26. The molecule has 7 nitrogen and oxygen atoms in total. The molecule has 0 aliphatic carbocycles. The van der Waals surface area contributed by atoms with Gasteiger partial charge in [-0.2, -0.15) is 0 Å². The summed E-state index contributed by atoms with van der Waals surface area (Å²) in [7, 11) is 0. The predicted molar refractivity (Wildman–Crippen MR) is 194 cm³/mol. The normalized spacial score (nSPS) is 11.3. The highest BCUT2D eigenvalue weighted by Gasteiger charge is 2.13. The van der Waals surface area contributed by atoms with Gasteiger partial charge in [0.05, 0.1) is 0 Å². The van der Waals surface area contributed by atoms with Crippen molar-refractivity contribution in [2.75, 3.05) is 4.90 Å². The molecule has 0 bridgehead atoms. The zero-order valence-electron chi connectivity index (χ0n) is 26.3. The van der Waals surface area contributed by atoms with Crippen LogP contribution in [0.4, 0.5) is 17.1 Å². The first kappa shape index (κ1) is 32.1. The largest absolute Gasteiger partial charge is 0.311 e. The summed E-state index contributed by atoms with van der Waals surface area (Å²) in [5.74, 6) is -0.505. The molecule has 0 aliphatic heterocycles. The highest BCUT2D eigenvalue weighted by atomic mass is 16.1. The van der Waals surface area contributed by atoms with E-state index in [4.69, 9.17) is 0 Å². The average Bonchev–Trinajstić information content (AvgIpc) is 3.17. The molecule has 0 aliphatic rings. The first-order valence-electron chi connectivity index (χ1n) is 15.5. The summed E-state index contributed by atoms with van der Waals surface area (Å²) in [5.41, 5.74) is 6.46. The Balaban J connectivity index is 1.25. The van der Waals surface area contributed by atoms with Gasteiger partial charge in [-0.3, -0.25) is 29.3 Å². The van der Waals surface area contributed by atoms with E-state index in [2.05, 4.69) is 19.9 Å². The van der Waals surface area contributed by atoms with Crippen molar-refractivity contribution >= 4 is 52.6 Å². The van der Waals surface area contributed by atoms with Gasteiger partial charge in [-0.15, -0.1) is 0 Å². The Morgan fingerprint density at radius 3 is 0.918 bits per heavy atom. The molecule has 0 amide bonds. The molecule has 7 heteroatoms. The number of nitrogens with zero attached hydrogens (tertiary/aromatic N) is 4. The van der Waals surface area contributed by atoms with Crippen molar-refractivity contribution in [3.05, 3.63) is 198 Å². The van der Waals surface area contributed by atoms with E-state index in [1.54, 1.807) is 91.4 Å². The second-order valence-electron chi connectivity index (χ2n) is 10.8. The molecule has 236 valence electrons. The van der Waals surface area contributed by atoms with Gasteiger partial charge in [0.2, 0.25) is 17.3 Å². The molecule has 49 heavy (non-hydrogen) atoms. The first-order chi connectivity index (χ1) is 24.0. The monoisotopic (exact) mass is 638 g/mol. The highest BCUT2D eigenvalue weighted by Crippen LogP contribution is 2.35. The minimum atomic E-state index is -0.168. The van der Waals surface area contributed by atoms with Gasteiger partial charge in [-0.25, -0.2) is 0 Å². The minimum Gasteiger partial charge on any atom is -0.311 e. The van der Waals surface area contributed by atoms with Crippen LogP contribution in [0.25, 0.3) is 18.2 Å². The topological polar surface area (TPSA) is 93.1 Å². The van der Waals surface area contributed by atoms with E-state index < -0.39 is 0 Å². The second-order valence-corrected chi connectivity index (χ2v) is 10.8. The molecule has 0 N–H and O–H groups in total. The molecule has 3 aromatic carbocycles. The van der Waals surface area contributed by atoms with Crippen molar-refractivity contribution < 1.29 is 14.4 Å². The SMILES string of the molecule is O=C(/C=C/c1ccc(N(c2ccc(/C=C/C(=O)c3ccccn3)cc2)c2ccc(/C=C/C(=O)c3ccccn3)cc2)cc1)c1ccccn1. The van der Waals surface area contributed by atoms with Crippen molar-refractivity contribution in [2.45, 2.75) is 0 Å². The Kier molecular flexibility index (Phi) is 10.2. The number of hydrogen-bond acceptors (Lipinski definition) is 7. The van der Waals surface area contributed by atoms with Crippen LogP contribution in [-0.4, -0.2) is 32.3 Å². The summed E-state index contributed by atoms with van der Waals surface area (Å²) in [6, 6.07) is 39.4. The molecule has 0 saturated carbocycles. The number of anilines is 3. The van der Waals surface area contributed by atoms with Crippen LogP contribution in [0, 0.1) is 0 Å². The fourth-order valence-corrected chi connectivity index (χ4v) is 4.95. The maximum Gasteiger partial charge on any atom is 0.204 e. The van der Waals surface area contributed by atoms with Gasteiger partial charge in [0, 0.05) is 35.7 Å². The number of benzene rings is 3. The summed E-state index contributed by atoms with van der Waals surface area (Å²) < 4.78 is 0. The van der Waals surface area contributed by atoms with Crippen LogP contribution in [0.3, 0.4) is 0 Å². The maximum atomic E-state index is 12.5. The van der Waals surface area contributed by atoms with Crippen molar-refractivity contribution in [1.82, 2.24) is 15.0 Å². The lowest BCUT2D eigenvalue weighted by atomic mass is 10.1. The number of hydrogen-bond donors (Lipinski definition) is 0. The molecule has 0 atom stereocenters. The van der Waals surface area contributed by atoms with Crippen LogP contribution in [0.5, 0.6) is 0 Å². The van der Waals surface area contributed by atoms with E-state index in [0.29, 0.717) is 17.1 Å². The molecule has 6 rings (SSSR count). The van der Waals surface area contributed by atoms with E-state index in [0.717, 1.165) is 33.8 Å². The molecule has 6 aromatic rings. The number of pyridine rings is 3. The Morgan fingerprint density at radius 2 is 0.673 bits per heavy atom. The quantitative estimate of drug-likeness (QED) is 0.0975. The Bertz CT molecular complexity index is 1880. The number of aromatic nitrogens is 3. The lowest BCUT2D eigenvalue weighted by molar-refractivity contribution is 0.103. The fourth-order valence-electron chi connectivity index (χ4n) is 4.95. The van der Waals surface area contributed by atoms with Crippen molar-refractivity contribution in [1.29, 1.82) is 0 Å². The molecule has 0 saturated heterocycles. The van der Waals surface area contributed by atoms with Crippen LogP contribution >= 0.6 is 0 Å². The van der Waals surface area contributed by atoms with Gasteiger partial charge >= 0.3 is 0 Å². The average molecular weight is 639 g/mol. The zero-order valence-corrected chi connectivity index (χ0v) is 26.3. The molecule has 0 spiro atoms. The smallest absolute Gasteiger partial charge is 0.204 e. The second kappa shape index (κ2) is 15.6. The minimum absolute atomic E-state index is 0.168. The van der Waals surface area contributed by atoms with Gasteiger partial charge in [0.1, 0.15) is 17.1 Å². The van der Waals surface area contributed by atoms with E-state index in [1.165, 1.54) is 18.2 Å². The predicted octanol–water partition coefficient (Wildman–Crippen LogP) is 9.03. The summed E-state index contributed by atoms with van der Waals surface area (Å²) in [6.07, 6.45) is 14.7. The Hall–Kier alpha value is -6.86. The van der Waals surface area contributed by atoms with Crippen molar-refractivity contribution in [3.63, 3.8) is 0 Å². The van der Waals surface area contributed by atoms with E-state index >= 15 is 0 Å². The standard InChI is InChI=1S/C42H30N4O3/c47-40(37-7-1-4-28-43-37)25-16-31-10-19-34(20-11-31)46(35-21-12-32(13-22-35)17-26-41(48)38-8-2-5-29-44-38)36-23-14-33(15-24-36)18-27-42(49)39-9-3-6-30-45-39/h1-30H/b25-16+,26-17+,27-18+. The van der Waals surface area contributed by atoms with E-state index in [1.807, 2.05) is 72.8 Å². The van der Waals surface area contributed by atoms with E-state index in [9.17, 15) is 14.4 Å². The van der Waals surface area contributed by atoms with Crippen LogP contribution < -0.4 is 4.90 Å². The Morgan fingerprint density at radius 1 is 0.388 bits per heavy atom. The number of allylic oxidation sites excluding steroid dienone is 3. The van der Waals surface area contributed by atoms with E-state index in [-0.39, 0.29) is 17.3 Å². The maximum absolute atomic E-state index is 12.5. The third-order valence-corrected chi connectivity index (χ3v) is 7.49. The number of rotatable bonds is 12. The summed E-state index contributed by atoms with van der Waals surface area (Å²) in [6.45, 7) is 0. The van der Waals surface area contributed by atoms with Crippen LogP contribution in [-0.2, 0) is 0 Å². The molecule has 0 fully saturated rings. The molecule has 0 radical (unpaired) electrons. The van der Waals surface area contributed by atoms with Gasteiger partial charge in [-0.1, -0.05) is 72.8 Å². The molecule has 3 aromatic heterocycles.